The Morgan fingerprint density at radius 1 is 1.38 bits per heavy atom. The highest BCUT2D eigenvalue weighted by atomic mass is 19.4. The second-order valence-corrected chi connectivity index (χ2v) is 5.44. The minimum atomic E-state index is -4.82. The number of halogens is 3. The largest absolute Gasteiger partial charge is 0.423 e. The number of benzene rings is 1. The fourth-order valence-electron chi connectivity index (χ4n) is 2.62. The Hall–Kier alpha value is -2.36. The summed E-state index contributed by atoms with van der Waals surface area (Å²) in [7, 11) is 0. The van der Waals surface area contributed by atoms with Crippen LogP contribution in [0.4, 0.5) is 24.5 Å². The Balaban J connectivity index is 2.09. The number of aliphatic hydroxyl groups excluding tert-OH is 1. The first-order valence-corrected chi connectivity index (χ1v) is 7.23. The van der Waals surface area contributed by atoms with Crippen LogP contribution in [0.25, 0.3) is 0 Å². The van der Waals surface area contributed by atoms with E-state index in [-0.39, 0.29) is 17.6 Å². The zero-order valence-corrected chi connectivity index (χ0v) is 12.5. The van der Waals surface area contributed by atoms with E-state index in [0.29, 0.717) is 25.9 Å². The third-order valence-electron chi connectivity index (χ3n) is 3.85. The second kappa shape index (κ2) is 7.04. The first-order chi connectivity index (χ1) is 11.2. The van der Waals surface area contributed by atoms with Crippen LogP contribution in [0.5, 0.6) is 0 Å². The maximum absolute atomic E-state index is 12.9. The number of aliphatic hydroxyl groups is 1. The molecular formula is C14H16F3N3O4. The Bertz CT molecular complexity index is 628. The number of hydrogen-bond acceptors (Lipinski definition) is 5. The van der Waals surface area contributed by atoms with E-state index in [4.69, 9.17) is 5.11 Å². The number of nitro benzene ring substituents is 1. The minimum Gasteiger partial charge on any atom is -0.387 e. The molecular weight excluding hydrogens is 331 g/mol. The summed E-state index contributed by atoms with van der Waals surface area (Å²) in [5.74, 6) is -0.386. The van der Waals surface area contributed by atoms with Crippen molar-refractivity contribution in [2.24, 2.45) is 0 Å². The van der Waals surface area contributed by atoms with Gasteiger partial charge in [0.15, 0.2) is 0 Å². The van der Waals surface area contributed by atoms with Crippen LogP contribution in [-0.2, 0) is 11.0 Å². The number of carbonyl (C=O) groups is 1. The van der Waals surface area contributed by atoms with Crippen molar-refractivity contribution >= 4 is 17.3 Å². The van der Waals surface area contributed by atoms with Crippen molar-refractivity contribution < 1.29 is 28.0 Å². The SMILES string of the molecule is O=C(CO)N1CCC(Nc2ccc([N+](=O)[O-])c(C(F)(F)F)c2)CC1. The maximum atomic E-state index is 12.9. The normalized spacial score (nSPS) is 16.1. The monoisotopic (exact) mass is 347 g/mol. The molecule has 1 aliphatic heterocycles. The molecule has 0 bridgehead atoms. The second-order valence-electron chi connectivity index (χ2n) is 5.44. The summed E-state index contributed by atoms with van der Waals surface area (Å²) >= 11 is 0. The summed E-state index contributed by atoms with van der Waals surface area (Å²) in [6.45, 7) is 0.196. The van der Waals surface area contributed by atoms with Crippen molar-refractivity contribution in [1.29, 1.82) is 0 Å². The predicted molar refractivity (Wildman–Crippen MR) is 78.4 cm³/mol. The van der Waals surface area contributed by atoms with E-state index < -0.39 is 29.0 Å². The van der Waals surface area contributed by atoms with Crippen LogP contribution in [0.2, 0.25) is 0 Å². The molecule has 1 aliphatic rings. The van der Waals surface area contributed by atoms with Gasteiger partial charge in [0.1, 0.15) is 12.2 Å². The van der Waals surface area contributed by atoms with Gasteiger partial charge in [-0.15, -0.1) is 0 Å². The molecule has 2 rings (SSSR count). The lowest BCUT2D eigenvalue weighted by Crippen LogP contribution is -2.43. The molecule has 1 aromatic rings. The lowest BCUT2D eigenvalue weighted by atomic mass is 10.0. The first-order valence-electron chi connectivity index (χ1n) is 7.23. The molecule has 7 nitrogen and oxygen atoms in total. The van der Waals surface area contributed by atoms with Crippen LogP contribution < -0.4 is 5.32 Å². The number of likely N-dealkylation sites (tertiary alicyclic amines) is 1. The van der Waals surface area contributed by atoms with E-state index >= 15 is 0 Å². The molecule has 0 aliphatic carbocycles. The van der Waals surface area contributed by atoms with Gasteiger partial charge in [-0.3, -0.25) is 14.9 Å². The van der Waals surface area contributed by atoms with E-state index in [0.717, 1.165) is 12.1 Å². The number of anilines is 1. The van der Waals surface area contributed by atoms with Crippen LogP contribution in [0.1, 0.15) is 18.4 Å². The lowest BCUT2D eigenvalue weighted by molar-refractivity contribution is -0.388. The van der Waals surface area contributed by atoms with E-state index in [9.17, 15) is 28.1 Å². The van der Waals surface area contributed by atoms with Crippen LogP contribution in [0.3, 0.4) is 0 Å². The average molecular weight is 347 g/mol. The number of carbonyl (C=O) groups excluding carboxylic acids is 1. The highest BCUT2D eigenvalue weighted by Crippen LogP contribution is 2.37. The lowest BCUT2D eigenvalue weighted by Gasteiger charge is -2.32. The number of nitrogens with zero attached hydrogens (tertiary/aromatic N) is 2. The van der Waals surface area contributed by atoms with Gasteiger partial charge in [0.05, 0.1) is 4.92 Å². The zero-order chi connectivity index (χ0) is 17.9. The molecule has 1 heterocycles. The highest BCUT2D eigenvalue weighted by molar-refractivity contribution is 5.77. The fraction of sp³-hybridized carbons (Fsp3) is 0.500. The summed E-state index contributed by atoms with van der Waals surface area (Å²) in [5.41, 5.74) is -2.15. The van der Waals surface area contributed by atoms with Gasteiger partial charge in [0.2, 0.25) is 5.91 Å². The molecule has 0 spiro atoms. The molecule has 132 valence electrons. The predicted octanol–water partition coefficient (Wildman–Crippen LogP) is 2.01. The molecule has 0 saturated carbocycles. The third kappa shape index (κ3) is 4.13. The summed E-state index contributed by atoms with van der Waals surface area (Å²) in [6, 6.07) is 2.63. The average Bonchev–Trinajstić information content (AvgIpc) is 2.53. The van der Waals surface area contributed by atoms with Gasteiger partial charge in [0, 0.05) is 30.9 Å². The molecule has 1 fully saturated rings. The van der Waals surface area contributed by atoms with Gasteiger partial charge < -0.3 is 15.3 Å². The molecule has 1 saturated heterocycles. The topological polar surface area (TPSA) is 95.7 Å². The van der Waals surface area contributed by atoms with Crippen molar-refractivity contribution in [2.75, 3.05) is 25.0 Å². The van der Waals surface area contributed by atoms with Crippen molar-refractivity contribution in [3.8, 4) is 0 Å². The molecule has 0 radical (unpaired) electrons. The minimum absolute atomic E-state index is 0.139. The summed E-state index contributed by atoms with van der Waals surface area (Å²) in [6.07, 6.45) is -3.81. The Morgan fingerprint density at radius 2 is 2.00 bits per heavy atom. The maximum Gasteiger partial charge on any atom is 0.423 e. The first kappa shape index (κ1) is 18.0. The van der Waals surface area contributed by atoms with E-state index in [1.807, 2.05) is 0 Å². The quantitative estimate of drug-likeness (QED) is 0.642. The van der Waals surface area contributed by atoms with Crippen molar-refractivity contribution in [3.05, 3.63) is 33.9 Å². The smallest absolute Gasteiger partial charge is 0.387 e. The molecule has 1 aromatic carbocycles. The Kier molecular flexibility index (Phi) is 5.27. The fourth-order valence-corrected chi connectivity index (χ4v) is 2.62. The number of nitrogens with one attached hydrogen (secondary N) is 1. The van der Waals surface area contributed by atoms with E-state index in [1.54, 1.807) is 0 Å². The van der Waals surface area contributed by atoms with Gasteiger partial charge in [-0.1, -0.05) is 0 Å². The van der Waals surface area contributed by atoms with Gasteiger partial charge in [-0.05, 0) is 25.0 Å². The summed E-state index contributed by atoms with van der Waals surface area (Å²) in [5, 5.41) is 22.4. The van der Waals surface area contributed by atoms with E-state index in [2.05, 4.69) is 5.32 Å². The van der Waals surface area contributed by atoms with Crippen molar-refractivity contribution in [1.82, 2.24) is 4.90 Å². The molecule has 2 N–H and O–H groups in total. The van der Waals surface area contributed by atoms with E-state index in [1.165, 1.54) is 11.0 Å². The Morgan fingerprint density at radius 3 is 2.50 bits per heavy atom. The number of hydrogen-bond donors (Lipinski definition) is 2. The Labute approximate surface area is 135 Å². The van der Waals surface area contributed by atoms with Gasteiger partial charge in [-0.25, -0.2) is 0 Å². The number of piperidine rings is 1. The van der Waals surface area contributed by atoms with Crippen molar-refractivity contribution in [2.45, 2.75) is 25.1 Å². The summed E-state index contributed by atoms with van der Waals surface area (Å²) < 4.78 is 38.8. The third-order valence-corrected chi connectivity index (χ3v) is 3.85. The molecule has 10 heteroatoms. The van der Waals surface area contributed by atoms with Crippen LogP contribution >= 0.6 is 0 Å². The van der Waals surface area contributed by atoms with Gasteiger partial charge in [0.25, 0.3) is 5.69 Å². The summed E-state index contributed by atoms with van der Waals surface area (Å²) in [4.78, 5) is 22.5. The van der Waals surface area contributed by atoms with Crippen LogP contribution in [-0.4, -0.2) is 46.6 Å². The molecule has 1 amide bonds. The van der Waals surface area contributed by atoms with Crippen LogP contribution in [0.15, 0.2) is 18.2 Å². The number of rotatable bonds is 4. The molecule has 24 heavy (non-hydrogen) atoms. The molecule has 0 atom stereocenters. The molecule has 0 unspecified atom stereocenters. The number of amides is 1. The van der Waals surface area contributed by atoms with Crippen molar-refractivity contribution in [3.63, 3.8) is 0 Å². The number of alkyl halides is 3. The highest BCUT2D eigenvalue weighted by Gasteiger charge is 2.38. The number of nitro groups is 1. The standard InChI is InChI=1S/C14H16F3N3O4/c15-14(16,17)11-7-10(1-2-12(11)20(23)24)18-9-3-5-19(6-4-9)13(22)8-21/h1-2,7,9,18,21H,3-6,8H2. The van der Waals surface area contributed by atoms with Gasteiger partial charge >= 0.3 is 6.18 Å². The van der Waals surface area contributed by atoms with Gasteiger partial charge in [-0.2, -0.15) is 13.2 Å². The van der Waals surface area contributed by atoms with Crippen LogP contribution in [0, 0.1) is 10.1 Å². The molecule has 0 aromatic heterocycles. The zero-order valence-electron chi connectivity index (χ0n) is 12.5.